The first-order valence-electron chi connectivity index (χ1n) is 7.31. The zero-order valence-electron chi connectivity index (χ0n) is 12.6. The van der Waals surface area contributed by atoms with Crippen molar-refractivity contribution in [2.45, 2.75) is 39.5 Å². The third kappa shape index (κ3) is 5.06. The summed E-state index contributed by atoms with van der Waals surface area (Å²) in [6.07, 6.45) is 4.25. The molecule has 6 nitrogen and oxygen atoms in total. The topological polar surface area (TPSA) is 98.3 Å². The molecule has 0 radical (unpaired) electrons. The van der Waals surface area contributed by atoms with Crippen LogP contribution in [0.2, 0.25) is 0 Å². The van der Waals surface area contributed by atoms with E-state index in [-0.39, 0.29) is 11.3 Å². The van der Waals surface area contributed by atoms with E-state index in [1.54, 1.807) is 0 Å². The molecule has 0 fully saturated rings. The molecule has 1 unspecified atom stereocenters. The van der Waals surface area contributed by atoms with Crippen molar-refractivity contribution in [2.24, 2.45) is 5.92 Å². The third-order valence-electron chi connectivity index (χ3n) is 3.56. The number of amides is 1. The Morgan fingerprint density at radius 3 is 2.71 bits per heavy atom. The highest BCUT2D eigenvalue weighted by molar-refractivity contribution is 5.99. The number of carbonyl (C=O) groups excluding carboxylic acids is 1. The summed E-state index contributed by atoms with van der Waals surface area (Å²) in [7, 11) is 0. The SMILES string of the molecule is CCCCC(CC)CNC(=O)c1cc(N)ccc1[N+](=O)[O-]. The molecule has 0 saturated heterocycles. The van der Waals surface area contributed by atoms with Crippen LogP contribution in [0.4, 0.5) is 11.4 Å². The second kappa shape index (κ2) is 8.24. The van der Waals surface area contributed by atoms with Crippen LogP contribution in [0.25, 0.3) is 0 Å². The van der Waals surface area contributed by atoms with Crippen LogP contribution in [0.5, 0.6) is 0 Å². The first-order chi connectivity index (χ1) is 9.99. The molecule has 0 aliphatic carbocycles. The predicted octanol–water partition coefficient (Wildman–Crippen LogP) is 3.12. The molecule has 0 aliphatic heterocycles. The molecule has 0 aromatic heterocycles. The maximum atomic E-state index is 12.1. The molecule has 116 valence electrons. The van der Waals surface area contributed by atoms with Crippen LogP contribution in [-0.4, -0.2) is 17.4 Å². The molecule has 3 N–H and O–H groups in total. The number of nitro benzene ring substituents is 1. The summed E-state index contributed by atoms with van der Waals surface area (Å²) in [6.45, 7) is 4.73. The van der Waals surface area contributed by atoms with Gasteiger partial charge < -0.3 is 11.1 Å². The summed E-state index contributed by atoms with van der Waals surface area (Å²) >= 11 is 0. The highest BCUT2D eigenvalue weighted by atomic mass is 16.6. The van der Waals surface area contributed by atoms with Crippen molar-refractivity contribution in [1.82, 2.24) is 5.32 Å². The number of rotatable bonds is 8. The Morgan fingerprint density at radius 1 is 1.43 bits per heavy atom. The van der Waals surface area contributed by atoms with Crippen molar-refractivity contribution in [1.29, 1.82) is 0 Å². The second-order valence-corrected chi connectivity index (χ2v) is 5.16. The van der Waals surface area contributed by atoms with E-state index in [1.165, 1.54) is 18.2 Å². The molecule has 1 rings (SSSR count). The Morgan fingerprint density at radius 2 is 2.14 bits per heavy atom. The van der Waals surface area contributed by atoms with Gasteiger partial charge in [-0.15, -0.1) is 0 Å². The van der Waals surface area contributed by atoms with Gasteiger partial charge in [0.1, 0.15) is 5.56 Å². The van der Waals surface area contributed by atoms with Gasteiger partial charge >= 0.3 is 0 Å². The number of hydrogen-bond acceptors (Lipinski definition) is 4. The molecule has 0 spiro atoms. The number of nitrogens with two attached hydrogens (primary N) is 1. The summed E-state index contributed by atoms with van der Waals surface area (Å²) in [4.78, 5) is 22.5. The molecule has 21 heavy (non-hydrogen) atoms. The van der Waals surface area contributed by atoms with Crippen molar-refractivity contribution >= 4 is 17.3 Å². The number of nitro groups is 1. The minimum atomic E-state index is -0.567. The molecule has 0 heterocycles. The first kappa shape index (κ1) is 16.9. The Labute approximate surface area is 124 Å². The van der Waals surface area contributed by atoms with Gasteiger partial charge in [0, 0.05) is 18.3 Å². The number of nitrogens with one attached hydrogen (secondary N) is 1. The number of nitrogens with zero attached hydrogens (tertiary/aromatic N) is 1. The summed E-state index contributed by atoms with van der Waals surface area (Å²) in [5.74, 6) is -0.0436. The fourth-order valence-corrected chi connectivity index (χ4v) is 2.17. The summed E-state index contributed by atoms with van der Waals surface area (Å²) < 4.78 is 0. The number of benzene rings is 1. The van der Waals surface area contributed by atoms with E-state index in [0.717, 1.165) is 25.7 Å². The van der Waals surface area contributed by atoms with Crippen LogP contribution in [0.1, 0.15) is 49.9 Å². The minimum Gasteiger partial charge on any atom is -0.399 e. The maximum absolute atomic E-state index is 12.1. The smallest absolute Gasteiger partial charge is 0.282 e. The van der Waals surface area contributed by atoms with Gasteiger partial charge in [-0.3, -0.25) is 14.9 Å². The first-order valence-corrected chi connectivity index (χ1v) is 7.31. The van der Waals surface area contributed by atoms with Gasteiger partial charge in [-0.25, -0.2) is 0 Å². The Hall–Kier alpha value is -2.11. The van der Waals surface area contributed by atoms with Crippen molar-refractivity contribution in [3.05, 3.63) is 33.9 Å². The van der Waals surface area contributed by atoms with Crippen LogP contribution in [0.15, 0.2) is 18.2 Å². The lowest BCUT2D eigenvalue weighted by atomic mass is 9.99. The monoisotopic (exact) mass is 293 g/mol. The van der Waals surface area contributed by atoms with Gasteiger partial charge in [0.2, 0.25) is 0 Å². The van der Waals surface area contributed by atoms with Crippen LogP contribution in [0.3, 0.4) is 0 Å². The van der Waals surface area contributed by atoms with Gasteiger partial charge in [0.15, 0.2) is 0 Å². The van der Waals surface area contributed by atoms with E-state index in [1.807, 2.05) is 0 Å². The molecule has 0 aliphatic rings. The van der Waals surface area contributed by atoms with Gasteiger partial charge in [-0.2, -0.15) is 0 Å². The zero-order valence-corrected chi connectivity index (χ0v) is 12.6. The van der Waals surface area contributed by atoms with E-state index >= 15 is 0 Å². The molecule has 1 atom stereocenters. The summed E-state index contributed by atoms with van der Waals surface area (Å²) in [6, 6.07) is 4.03. The van der Waals surface area contributed by atoms with Gasteiger partial charge in [0.05, 0.1) is 4.92 Å². The molecule has 1 aromatic rings. The standard InChI is InChI=1S/C15H23N3O3/c1-3-5-6-11(4-2)10-17-15(19)13-9-12(16)7-8-14(13)18(20)21/h7-9,11H,3-6,10,16H2,1-2H3,(H,17,19). The highest BCUT2D eigenvalue weighted by Crippen LogP contribution is 2.21. The fraction of sp³-hybridized carbons (Fsp3) is 0.533. The van der Waals surface area contributed by atoms with Gasteiger partial charge in [0.25, 0.3) is 11.6 Å². The maximum Gasteiger partial charge on any atom is 0.282 e. The lowest BCUT2D eigenvalue weighted by Gasteiger charge is -2.15. The number of anilines is 1. The van der Waals surface area contributed by atoms with Crippen molar-refractivity contribution in [3.63, 3.8) is 0 Å². The van der Waals surface area contributed by atoms with Crippen molar-refractivity contribution < 1.29 is 9.72 Å². The van der Waals surface area contributed by atoms with Crippen LogP contribution in [-0.2, 0) is 0 Å². The fourth-order valence-electron chi connectivity index (χ4n) is 2.17. The highest BCUT2D eigenvalue weighted by Gasteiger charge is 2.20. The number of unbranched alkanes of at least 4 members (excludes halogenated alkanes) is 1. The van der Waals surface area contributed by atoms with Gasteiger partial charge in [-0.1, -0.05) is 33.1 Å². The van der Waals surface area contributed by atoms with Gasteiger partial charge in [-0.05, 0) is 24.5 Å². The molecule has 0 saturated carbocycles. The van der Waals surface area contributed by atoms with Crippen LogP contribution in [0, 0.1) is 16.0 Å². The van der Waals surface area contributed by atoms with Crippen molar-refractivity contribution in [2.75, 3.05) is 12.3 Å². The summed E-state index contributed by atoms with van der Waals surface area (Å²) in [5, 5.41) is 13.7. The lowest BCUT2D eigenvalue weighted by Crippen LogP contribution is -2.29. The average molecular weight is 293 g/mol. The quantitative estimate of drug-likeness (QED) is 0.437. The third-order valence-corrected chi connectivity index (χ3v) is 3.56. The Kier molecular flexibility index (Phi) is 6.65. The molecule has 0 bridgehead atoms. The molecule has 1 aromatic carbocycles. The lowest BCUT2D eigenvalue weighted by molar-refractivity contribution is -0.385. The average Bonchev–Trinajstić information content (AvgIpc) is 2.46. The minimum absolute atomic E-state index is 0.0188. The zero-order chi connectivity index (χ0) is 15.8. The molecule has 6 heteroatoms. The van der Waals surface area contributed by atoms with Crippen molar-refractivity contribution in [3.8, 4) is 0 Å². The van der Waals surface area contributed by atoms with Crippen LogP contribution >= 0.6 is 0 Å². The number of carbonyl (C=O) groups is 1. The molecular formula is C15H23N3O3. The van der Waals surface area contributed by atoms with E-state index in [9.17, 15) is 14.9 Å². The van der Waals surface area contributed by atoms with E-state index in [4.69, 9.17) is 5.73 Å². The van der Waals surface area contributed by atoms with Crippen LogP contribution < -0.4 is 11.1 Å². The summed E-state index contributed by atoms with van der Waals surface area (Å²) in [5.41, 5.74) is 5.75. The second-order valence-electron chi connectivity index (χ2n) is 5.16. The predicted molar refractivity (Wildman–Crippen MR) is 83.1 cm³/mol. The van der Waals surface area contributed by atoms with E-state index < -0.39 is 10.8 Å². The normalized spacial score (nSPS) is 11.9. The number of hydrogen-bond donors (Lipinski definition) is 2. The largest absolute Gasteiger partial charge is 0.399 e. The van der Waals surface area contributed by atoms with E-state index in [2.05, 4.69) is 19.2 Å². The number of nitrogen functional groups attached to an aromatic ring is 1. The van der Waals surface area contributed by atoms with E-state index in [0.29, 0.717) is 18.2 Å². The Bertz CT molecular complexity index is 503. The molecular weight excluding hydrogens is 270 g/mol. The molecule has 1 amide bonds. The Balaban J connectivity index is 2.75.